The standard InChI is InChI=1S/C16H26N2/c1-14-7-6-8-16(11-14)12-17-15(2)13-18-9-4-3-5-10-18/h6-8,11,15,17H,3-5,9-10,12-13H2,1-2H3/t15-/m1/s1. The highest BCUT2D eigenvalue weighted by Gasteiger charge is 2.12. The minimum absolute atomic E-state index is 0.573. The van der Waals surface area contributed by atoms with Gasteiger partial charge in [0.1, 0.15) is 0 Å². The summed E-state index contributed by atoms with van der Waals surface area (Å²) in [6.45, 7) is 9.19. The molecule has 2 heteroatoms. The van der Waals surface area contributed by atoms with Gasteiger partial charge >= 0.3 is 0 Å². The summed E-state index contributed by atoms with van der Waals surface area (Å²) in [5.41, 5.74) is 2.73. The monoisotopic (exact) mass is 246 g/mol. The third-order valence-corrected chi connectivity index (χ3v) is 3.72. The lowest BCUT2D eigenvalue weighted by Crippen LogP contribution is -2.41. The van der Waals surface area contributed by atoms with Gasteiger partial charge in [0.2, 0.25) is 0 Å². The SMILES string of the molecule is Cc1cccc(CN[C@H](C)CN2CCCCC2)c1. The van der Waals surface area contributed by atoms with Crippen LogP contribution in [0.5, 0.6) is 0 Å². The maximum atomic E-state index is 3.63. The largest absolute Gasteiger partial charge is 0.309 e. The van der Waals surface area contributed by atoms with Crippen LogP contribution in [0.4, 0.5) is 0 Å². The molecule has 1 saturated heterocycles. The summed E-state index contributed by atoms with van der Waals surface area (Å²) >= 11 is 0. The molecule has 1 aliphatic rings. The Hall–Kier alpha value is -0.860. The topological polar surface area (TPSA) is 15.3 Å². The van der Waals surface area contributed by atoms with Crippen LogP contribution in [-0.4, -0.2) is 30.6 Å². The quantitative estimate of drug-likeness (QED) is 0.859. The predicted molar refractivity (Wildman–Crippen MR) is 77.8 cm³/mol. The van der Waals surface area contributed by atoms with Crippen molar-refractivity contribution in [3.05, 3.63) is 35.4 Å². The minimum Gasteiger partial charge on any atom is -0.309 e. The normalized spacial score (nSPS) is 18.8. The molecule has 1 aromatic rings. The summed E-state index contributed by atoms with van der Waals surface area (Å²) in [5.74, 6) is 0. The highest BCUT2D eigenvalue weighted by molar-refractivity contribution is 5.21. The number of likely N-dealkylation sites (tertiary alicyclic amines) is 1. The summed E-state index contributed by atoms with van der Waals surface area (Å²) in [4.78, 5) is 2.59. The highest BCUT2D eigenvalue weighted by atomic mass is 15.1. The Morgan fingerprint density at radius 2 is 2.00 bits per heavy atom. The molecule has 0 aromatic heterocycles. The third-order valence-electron chi connectivity index (χ3n) is 3.72. The van der Waals surface area contributed by atoms with Crippen molar-refractivity contribution < 1.29 is 0 Å². The van der Waals surface area contributed by atoms with Gasteiger partial charge in [-0.15, -0.1) is 0 Å². The van der Waals surface area contributed by atoms with Gasteiger partial charge in [-0.3, -0.25) is 0 Å². The molecule has 0 spiro atoms. The van der Waals surface area contributed by atoms with Gasteiger partial charge in [-0.1, -0.05) is 36.2 Å². The fourth-order valence-electron chi connectivity index (χ4n) is 2.71. The first-order chi connectivity index (χ1) is 8.74. The molecule has 0 aliphatic carbocycles. The molecule has 1 fully saturated rings. The molecular weight excluding hydrogens is 220 g/mol. The van der Waals surface area contributed by atoms with E-state index in [1.807, 2.05) is 0 Å². The zero-order valence-electron chi connectivity index (χ0n) is 11.8. The van der Waals surface area contributed by atoms with Crippen molar-refractivity contribution in [1.29, 1.82) is 0 Å². The second-order valence-corrected chi connectivity index (χ2v) is 5.63. The molecule has 1 N–H and O–H groups in total. The molecular formula is C16H26N2. The van der Waals surface area contributed by atoms with Crippen LogP contribution in [0.2, 0.25) is 0 Å². The van der Waals surface area contributed by atoms with Crippen LogP contribution in [0, 0.1) is 6.92 Å². The zero-order chi connectivity index (χ0) is 12.8. The number of nitrogens with one attached hydrogen (secondary N) is 1. The van der Waals surface area contributed by atoms with Gasteiger partial charge in [0, 0.05) is 19.1 Å². The average Bonchev–Trinajstić information content (AvgIpc) is 2.38. The van der Waals surface area contributed by atoms with Crippen molar-refractivity contribution in [2.24, 2.45) is 0 Å². The number of rotatable bonds is 5. The zero-order valence-corrected chi connectivity index (χ0v) is 11.8. The van der Waals surface area contributed by atoms with Crippen LogP contribution in [0.25, 0.3) is 0 Å². The Morgan fingerprint density at radius 3 is 2.72 bits per heavy atom. The molecule has 1 aromatic carbocycles. The van der Waals surface area contributed by atoms with Crippen molar-refractivity contribution in [3.63, 3.8) is 0 Å². The molecule has 100 valence electrons. The molecule has 1 aliphatic heterocycles. The molecule has 2 nitrogen and oxygen atoms in total. The predicted octanol–water partition coefficient (Wildman–Crippen LogP) is 2.96. The molecule has 0 saturated carbocycles. The van der Waals surface area contributed by atoms with Crippen LogP contribution < -0.4 is 5.32 Å². The maximum absolute atomic E-state index is 3.63. The van der Waals surface area contributed by atoms with Gasteiger partial charge in [-0.25, -0.2) is 0 Å². The molecule has 0 radical (unpaired) electrons. The van der Waals surface area contributed by atoms with Crippen LogP contribution in [0.3, 0.4) is 0 Å². The fourth-order valence-corrected chi connectivity index (χ4v) is 2.71. The van der Waals surface area contributed by atoms with Gasteiger partial charge in [0.25, 0.3) is 0 Å². The average molecular weight is 246 g/mol. The Kier molecular flexibility index (Phi) is 5.21. The Labute approximate surface area is 111 Å². The molecule has 2 rings (SSSR count). The first kappa shape index (κ1) is 13.6. The maximum Gasteiger partial charge on any atom is 0.0208 e. The van der Waals surface area contributed by atoms with Crippen molar-refractivity contribution in [2.75, 3.05) is 19.6 Å². The summed E-state index contributed by atoms with van der Waals surface area (Å²) in [6, 6.07) is 9.33. The van der Waals surface area contributed by atoms with E-state index in [0.29, 0.717) is 6.04 Å². The Morgan fingerprint density at radius 1 is 1.22 bits per heavy atom. The Balaban J connectivity index is 1.72. The number of aryl methyl sites for hydroxylation is 1. The van der Waals surface area contributed by atoms with E-state index in [2.05, 4.69) is 48.3 Å². The van der Waals surface area contributed by atoms with Gasteiger partial charge in [-0.05, 0) is 45.3 Å². The number of nitrogens with zero attached hydrogens (tertiary/aromatic N) is 1. The summed E-state index contributed by atoms with van der Waals surface area (Å²) in [7, 11) is 0. The lowest BCUT2D eigenvalue weighted by atomic mass is 10.1. The van der Waals surface area contributed by atoms with Crippen molar-refractivity contribution in [2.45, 2.75) is 45.7 Å². The first-order valence-corrected chi connectivity index (χ1v) is 7.25. The fraction of sp³-hybridized carbons (Fsp3) is 0.625. The van der Waals surface area contributed by atoms with Gasteiger partial charge < -0.3 is 10.2 Å². The van der Waals surface area contributed by atoms with E-state index in [1.54, 1.807) is 0 Å². The van der Waals surface area contributed by atoms with Crippen molar-refractivity contribution in [1.82, 2.24) is 10.2 Å². The van der Waals surface area contributed by atoms with Gasteiger partial charge in [-0.2, -0.15) is 0 Å². The summed E-state index contributed by atoms with van der Waals surface area (Å²) < 4.78 is 0. The van der Waals surface area contributed by atoms with E-state index in [0.717, 1.165) is 6.54 Å². The van der Waals surface area contributed by atoms with Gasteiger partial charge in [0.05, 0.1) is 0 Å². The summed E-state index contributed by atoms with van der Waals surface area (Å²) in [6.07, 6.45) is 4.18. The molecule has 1 atom stereocenters. The van der Waals surface area contributed by atoms with E-state index < -0.39 is 0 Å². The molecule has 0 bridgehead atoms. The molecule has 0 amide bonds. The van der Waals surface area contributed by atoms with Crippen LogP contribution in [0.15, 0.2) is 24.3 Å². The smallest absolute Gasteiger partial charge is 0.0208 e. The lowest BCUT2D eigenvalue weighted by molar-refractivity contribution is 0.209. The van der Waals surface area contributed by atoms with E-state index in [-0.39, 0.29) is 0 Å². The molecule has 18 heavy (non-hydrogen) atoms. The molecule has 0 unspecified atom stereocenters. The molecule has 1 heterocycles. The van der Waals surface area contributed by atoms with E-state index in [9.17, 15) is 0 Å². The lowest BCUT2D eigenvalue weighted by Gasteiger charge is -2.29. The number of benzene rings is 1. The van der Waals surface area contributed by atoms with E-state index in [1.165, 1.54) is 50.0 Å². The number of hydrogen-bond donors (Lipinski definition) is 1. The third kappa shape index (κ3) is 4.43. The number of piperidine rings is 1. The van der Waals surface area contributed by atoms with Crippen LogP contribution >= 0.6 is 0 Å². The second kappa shape index (κ2) is 6.91. The highest BCUT2D eigenvalue weighted by Crippen LogP contribution is 2.09. The first-order valence-electron chi connectivity index (χ1n) is 7.25. The minimum atomic E-state index is 0.573. The van der Waals surface area contributed by atoms with Crippen molar-refractivity contribution in [3.8, 4) is 0 Å². The van der Waals surface area contributed by atoms with E-state index in [4.69, 9.17) is 0 Å². The summed E-state index contributed by atoms with van der Waals surface area (Å²) in [5, 5.41) is 3.63. The van der Waals surface area contributed by atoms with Crippen LogP contribution in [0.1, 0.15) is 37.3 Å². The second-order valence-electron chi connectivity index (χ2n) is 5.63. The Bertz CT molecular complexity index is 356. The van der Waals surface area contributed by atoms with Crippen molar-refractivity contribution >= 4 is 0 Å². The van der Waals surface area contributed by atoms with Gasteiger partial charge in [0.15, 0.2) is 0 Å². The van der Waals surface area contributed by atoms with Crippen LogP contribution in [-0.2, 0) is 6.54 Å². The number of hydrogen-bond acceptors (Lipinski definition) is 2. The van der Waals surface area contributed by atoms with E-state index >= 15 is 0 Å².